The lowest BCUT2D eigenvalue weighted by Crippen LogP contribution is -2.49. The number of hydrogen-bond acceptors (Lipinski definition) is 4. The summed E-state index contributed by atoms with van der Waals surface area (Å²) in [6, 6.07) is -0.214. The van der Waals surface area contributed by atoms with E-state index in [4.69, 9.17) is 0 Å². The van der Waals surface area contributed by atoms with Crippen LogP contribution in [0.25, 0.3) is 0 Å². The van der Waals surface area contributed by atoms with Gasteiger partial charge in [-0.1, -0.05) is 0 Å². The number of aliphatic hydroxyl groups is 2. The Labute approximate surface area is 102 Å². The third-order valence-corrected chi connectivity index (χ3v) is 4.27. The van der Waals surface area contributed by atoms with Gasteiger partial charge in [-0.25, -0.2) is 0 Å². The van der Waals surface area contributed by atoms with E-state index in [-0.39, 0.29) is 30.6 Å². The van der Waals surface area contributed by atoms with Crippen LogP contribution in [0.3, 0.4) is 0 Å². The molecule has 1 spiro atoms. The van der Waals surface area contributed by atoms with Gasteiger partial charge in [-0.05, 0) is 25.8 Å². The second-order valence-corrected chi connectivity index (χ2v) is 5.35. The highest BCUT2D eigenvalue weighted by Gasteiger charge is 2.48. The number of amides is 1. The predicted octanol–water partition coefficient (Wildman–Crippen LogP) is -0.716. The molecule has 0 unspecified atom stereocenters. The minimum atomic E-state index is -0.254. The number of nitrogens with zero attached hydrogens (tertiary/aromatic N) is 2. The van der Waals surface area contributed by atoms with Crippen molar-refractivity contribution < 1.29 is 15.0 Å². The highest BCUT2D eigenvalue weighted by Crippen LogP contribution is 2.40. The van der Waals surface area contributed by atoms with Crippen molar-refractivity contribution in [3.05, 3.63) is 0 Å². The van der Waals surface area contributed by atoms with Crippen molar-refractivity contribution in [3.8, 4) is 0 Å². The van der Waals surface area contributed by atoms with Crippen molar-refractivity contribution in [2.75, 3.05) is 39.9 Å². The fourth-order valence-corrected chi connectivity index (χ4v) is 3.15. The number of likely N-dealkylation sites (tertiary alicyclic amines) is 2. The van der Waals surface area contributed by atoms with Crippen molar-refractivity contribution in [1.82, 2.24) is 9.80 Å². The molecule has 5 heteroatoms. The zero-order valence-corrected chi connectivity index (χ0v) is 10.4. The molecular weight excluding hydrogens is 220 g/mol. The molecular formula is C12H22N2O3. The van der Waals surface area contributed by atoms with Crippen molar-refractivity contribution in [2.45, 2.75) is 25.3 Å². The van der Waals surface area contributed by atoms with E-state index in [2.05, 4.69) is 4.90 Å². The Hall–Kier alpha value is -0.650. The molecule has 0 bridgehead atoms. The summed E-state index contributed by atoms with van der Waals surface area (Å²) in [5, 5.41) is 18.4. The summed E-state index contributed by atoms with van der Waals surface area (Å²) >= 11 is 0. The molecule has 0 saturated carbocycles. The Bertz CT molecular complexity index is 293. The van der Waals surface area contributed by atoms with Crippen LogP contribution in [-0.2, 0) is 4.79 Å². The number of carbonyl (C=O) groups is 1. The van der Waals surface area contributed by atoms with E-state index in [1.54, 1.807) is 0 Å². The van der Waals surface area contributed by atoms with Crippen LogP contribution in [0.4, 0.5) is 0 Å². The fraction of sp³-hybridized carbons (Fsp3) is 0.917. The molecule has 0 radical (unpaired) electrons. The van der Waals surface area contributed by atoms with Crippen molar-refractivity contribution in [2.24, 2.45) is 5.41 Å². The van der Waals surface area contributed by atoms with Crippen LogP contribution in [0.1, 0.15) is 19.3 Å². The van der Waals surface area contributed by atoms with Crippen molar-refractivity contribution in [3.63, 3.8) is 0 Å². The summed E-state index contributed by atoms with van der Waals surface area (Å²) < 4.78 is 0. The first-order valence-electron chi connectivity index (χ1n) is 6.34. The van der Waals surface area contributed by atoms with E-state index in [9.17, 15) is 15.0 Å². The molecule has 2 aliphatic rings. The number of hydrogen-bond donors (Lipinski definition) is 2. The molecule has 2 N–H and O–H groups in total. The van der Waals surface area contributed by atoms with E-state index in [0.29, 0.717) is 6.54 Å². The van der Waals surface area contributed by atoms with Gasteiger partial charge in [0.05, 0.1) is 24.7 Å². The molecule has 2 heterocycles. The molecule has 1 atom stereocenters. The maximum Gasteiger partial charge on any atom is 0.229 e. The minimum Gasteiger partial charge on any atom is -0.395 e. The lowest BCUT2D eigenvalue weighted by molar-refractivity contribution is -0.144. The van der Waals surface area contributed by atoms with Gasteiger partial charge >= 0.3 is 0 Å². The first-order valence-corrected chi connectivity index (χ1v) is 6.34. The van der Waals surface area contributed by atoms with E-state index in [1.165, 1.54) is 0 Å². The molecule has 5 nitrogen and oxygen atoms in total. The van der Waals surface area contributed by atoms with Gasteiger partial charge < -0.3 is 15.1 Å². The van der Waals surface area contributed by atoms with Crippen LogP contribution in [0.15, 0.2) is 0 Å². The Balaban J connectivity index is 2.07. The molecule has 17 heavy (non-hydrogen) atoms. The van der Waals surface area contributed by atoms with E-state index >= 15 is 0 Å². The molecule has 0 aromatic rings. The largest absolute Gasteiger partial charge is 0.395 e. The lowest BCUT2D eigenvalue weighted by Gasteiger charge is -2.38. The molecule has 2 aliphatic heterocycles. The average molecular weight is 242 g/mol. The highest BCUT2D eigenvalue weighted by molar-refractivity contribution is 5.83. The second-order valence-electron chi connectivity index (χ2n) is 5.35. The lowest BCUT2D eigenvalue weighted by atomic mass is 9.78. The standard InChI is InChI=1S/C12H22N2O3/c1-13-5-2-3-12(11(13)17)4-6-14(9-12)10(7-15)8-16/h10,15-16H,2-9H2,1H3/t12-/m0/s1. The van der Waals surface area contributed by atoms with Gasteiger partial charge in [0.15, 0.2) is 0 Å². The summed E-state index contributed by atoms with van der Waals surface area (Å²) in [5.41, 5.74) is -0.254. The van der Waals surface area contributed by atoms with Crippen LogP contribution in [0.2, 0.25) is 0 Å². The number of piperidine rings is 1. The van der Waals surface area contributed by atoms with Gasteiger partial charge in [-0.2, -0.15) is 0 Å². The third kappa shape index (κ3) is 2.19. The third-order valence-electron chi connectivity index (χ3n) is 4.27. The zero-order valence-electron chi connectivity index (χ0n) is 10.4. The van der Waals surface area contributed by atoms with E-state index < -0.39 is 0 Å². The Morgan fingerprint density at radius 3 is 2.65 bits per heavy atom. The summed E-state index contributed by atoms with van der Waals surface area (Å²) in [6.45, 7) is 2.24. The topological polar surface area (TPSA) is 64.0 Å². The quantitative estimate of drug-likeness (QED) is 0.686. The minimum absolute atomic E-state index is 0.0450. The van der Waals surface area contributed by atoms with Crippen LogP contribution >= 0.6 is 0 Å². The predicted molar refractivity (Wildman–Crippen MR) is 63.5 cm³/mol. The van der Waals surface area contributed by atoms with Gasteiger partial charge in [0.25, 0.3) is 0 Å². The molecule has 2 saturated heterocycles. The molecule has 0 aromatic heterocycles. The van der Waals surface area contributed by atoms with Gasteiger partial charge in [0.2, 0.25) is 5.91 Å². The molecule has 1 amide bonds. The Morgan fingerprint density at radius 1 is 1.29 bits per heavy atom. The molecule has 98 valence electrons. The maximum absolute atomic E-state index is 12.3. The molecule has 0 aliphatic carbocycles. The van der Waals surface area contributed by atoms with Crippen LogP contribution < -0.4 is 0 Å². The smallest absolute Gasteiger partial charge is 0.229 e. The first kappa shape index (κ1) is 12.8. The Morgan fingerprint density at radius 2 is 2.00 bits per heavy atom. The van der Waals surface area contributed by atoms with Gasteiger partial charge in [-0.3, -0.25) is 9.69 Å². The van der Waals surface area contributed by atoms with Gasteiger partial charge in [-0.15, -0.1) is 0 Å². The molecule has 2 rings (SSSR count). The molecule has 2 fully saturated rings. The summed E-state index contributed by atoms with van der Waals surface area (Å²) in [6.07, 6.45) is 2.85. The van der Waals surface area contributed by atoms with Gasteiger partial charge in [0, 0.05) is 20.1 Å². The van der Waals surface area contributed by atoms with Crippen molar-refractivity contribution in [1.29, 1.82) is 0 Å². The van der Waals surface area contributed by atoms with Gasteiger partial charge in [0.1, 0.15) is 0 Å². The monoisotopic (exact) mass is 242 g/mol. The summed E-state index contributed by atoms with van der Waals surface area (Å²) in [7, 11) is 1.86. The number of carbonyl (C=O) groups excluding carboxylic acids is 1. The zero-order chi connectivity index (χ0) is 12.5. The first-order chi connectivity index (χ1) is 8.13. The average Bonchev–Trinajstić information content (AvgIpc) is 2.73. The van der Waals surface area contributed by atoms with Crippen molar-refractivity contribution >= 4 is 5.91 Å². The second kappa shape index (κ2) is 4.92. The fourth-order valence-electron chi connectivity index (χ4n) is 3.15. The van der Waals surface area contributed by atoms with E-state index in [0.717, 1.165) is 32.4 Å². The maximum atomic E-state index is 12.3. The number of aliphatic hydroxyl groups excluding tert-OH is 2. The van der Waals surface area contributed by atoms with Crippen LogP contribution in [-0.4, -0.2) is 71.9 Å². The van der Waals surface area contributed by atoms with E-state index in [1.807, 2.05) is 11.9 Å². The molecule has 0 aromatic carbocycles. The SMILES string of the molecule is CN1CCC[C@@]2(CCN(C(CO)CO)C2)C1=O. The summed E-state index contributed by atoms with van der Waals surface area (Å²) in [4.78, 5) is 16.1. The van der Waals surface area contributed by atoms with Crippen LogP contribution in [0.5, 0.6) is 0 Å². The normalized spacial score (nSPS) is 30.8. The Kier molecular flexibility index (Phi) is 3.70. The number of rotatable bonds is 3. The van der Waals surface area contributed by atoms with Crippen LogP contribution in [0, 0.1) is 5.41 Å². The summed E-state index contributed by atoms with van der Waals surface area (Å²) in [5.74, 6) is 0.237. The highest BCUT2D eigenvalue weighted by atomic mass is 16.3.